The van der Waals surface area contributed by atoms with Crippen LogP contribution >= 0.6 is 11.3 Å². The third kappa shape index (κ3) is 5.03. The zero-order chi connectivity index (χ0) is 24.3. The van der Waals surface area contributed by atoms with Gasteiger partial charge in [0.05, 0.1) is 17.8 Å². The Kier molecular flexibility index (Phi) is 6.49. The van der Waals surface area contributed by atoms with E-state index < -0.39 is 0 Å². The summed E-state index contributed by atoms with van der Waals surface area (Å²) in [5, 5.41) is 8.53. The maximum absolute atomic E-state index is 12.6. The third-order valence-electron chi connectivity index (χ3n) is 6.89. The van der Waals surface area contributed by atoms with E-state index >= 15 is 0 Å². The molecule has 7 heteroatoms. The van der Waals surface area contributed by atoms with E-state index in [0.717, 1.165) is 53.1 Å². The van der Waals surface area contributed by atoms with Crippen LogP contribution in [0.4, 0.5) is 17.3 Å². The van der Waals surface area contributed by atoms with Crippen LogP contribution < -0.4 is 10.6 Å². The van der Waals surface area contributed by atoms with Gasteiger partial charge in [-0.3, -0.25) is 4.79 Å². The fourth-order valence-electron chi connectivity index (χ4n) is 5.09. The number of aromatic nitrogens is 2. The average molecular weight is 496 g/mol. The second-order valence-electron chi connectivity index (χ2n) is 9.51. The number of fused-ring (bicyclic) bond motifs is 3. The van der Waals surface area contributed by atoms with Crippen LogP contribution in [0.5, 0.6) is 0 Å². The molecule has 182 valence electrons. The zero-order valence-corrected chi connectivity index (χ0v) is 21.0. The van der Waals surface area contributed by atoms with Gasteiger partial charge in [0.25, 0.3) is 0 Å². The summed E-state index contributed by atoms with van der Waals surface area (Å²) in [4.78, 5) is 25.8. The summed E-state index contributed by atoms with van der Waals surface area (Å²) >= 11 is 1.72. The lowest BCUT2D eigenvalue weighted by Gasteiger charge is -2.15. The van der Waals surface area contributed by atoms with Crippen molar-refractivity contribution in [1.82, 2.24) is 14.9 Å². The highest BCUT2D eigenvalue weighted by atomic mass is 32.1. The lowest BCUT2D eigenvalue weighted by atomic mass is 10.0. The number of likely N-dealkylation sites (tertiary alicyclic amines) is 1. The van der Waals surface area contributed by atoms with Gasteiger partial charge >= 0.3 is 0 Å². The Hall–Kier alpha value is -3.55. The van der Waals surface area contributed by atoms with Crippen LogP contribution in [0.25, 0.3) is 21.7 Å². The molecule has 0 bridgehead atoms. The van der Waals surface area contributed by atoms with E-state index in [1.807, 2.05) is 12.1 Å². The quantitative estimate of drug-likeness (QED) is 0.322. The summed E-state index contributed by atoms with van der Waals surface area (Å²) in [6.45, 7) is 3.60. The molecule has 6 nitrogen and oxygen atoms in total. The summed E-state index contributed by atoms with van der Waals surface area (Å²) in [5.41, 5.74) is 6.75. The molecule has 0 aliphatic carbocycles. The van der Waals surface area contributed by atoms with E-state index in [4.69, 9.17) is 4.98 Å². The molecule has 1 amide bonds. The normalized spacial score (nSPS) is 15.2. The minimum absolute atomic E-state index is 0.0304. The van der Waals surface area contributed by atoms with Gasteiger partial charge in [0, 0.05) is 27.9 Å². The van der Waals surface area contributed by atoms with Crippen molar-refractivity contribution in [2.45, 2.75) is 32.1 Å². The summed E-state index contributed by atoms with van der Waals surface area (Å²) in [5.74, 6) is 0.490. The largest absolute Gasteiger partial charge is 0.325 e. The van der Waals surface area contributed by atoms with Gasteiger partial charge in [0.2, 0.25) is 11.9 Å². The summed E-state index contributed by atoms with van der Waals surface area (Å²) in [6.07, 6.45) is 6.81. The summed E-state index contributed by atoms with van der Waals surface area (Å²) in [6, 6.07) is 18.8. The molecule has 6 rings (SSSR count). The van der Waals surface area contributed by atoms with Crippen molar-refractivity contribution in [2.24, 2.45) is 0 Å². The van der Waals surface area contributed by atoms with Crippen LogP contribution in [-0.2, 0) is 17.6 Å². The molecular formula is C29H29N5OS. The van der Waals surface area contributed by atoms with Gasteiger partial charge in [-0.15, -0.1) is 11.3 Å². The second kappa shape index (κ2) is 10.2. The van der Waals surface area contributed by atoms with Crippen molar-refractivity contribution in [3.05, 3.63) is 77.3 Å². The highest BCUT2D eigenvalue weighted by molar-refractivity contribution is 7.13. The van der Waals surface area contributed by atoms with Gasteiger partial charge < -0.3 is 15.5 Å². The predicted octanol–water partition coefficient (Wildman–Crippen LogP) is 6.14. The maximum Gasteiger partial charge on any atom is 0.228 e. The SMILES string of the molecule is O=C1Cc2cnc(Nc3cccc(-c4cccs4)c3)nc2-c2ccc(CCCN3CCCC3)cc2N1. The van der Waals surface area contributed by atoms with Gasteiger partial charge in [-0.05, 0) is 86.1 Å². The molecule has 2 aliphatic rings. The van der Waals surface area contributed by atoms with E-state index in [1.165, 1.54) is 36.4 Å². The van der Waals surface area contributed by atoms with Gasteiger partial charge in [0.1, 0.15) is 0 Å². The monoisotopic (exact) mass is 495 g/mol. The van der Waals surface area contributed by atoms with Gasteiger partial charge in [0.15, 0.2) is 0 Å². The van der Waals surface area contributed by atoms with Crippen LogP contribution in [0, 0.1) is 0 Å². The number of carbonyl (C=O) groups excluding carboxylic acids is 1. The van der Waals surface area contributed by atoms with Gasteiger partial charge in [-0.2, -0.15) is 0 Å². The predicted molar refractivity (Wildman–Crippen MR) is 147 cm³/mol. The molecule has 0 saturated carbocycles. The van der Waals surface area contributed by atoms with Crippen molar-refractivity contribution in [3.8, 4) is 21.7 Å². The molecule has 1 saturated heterocycles. The molecule has 36 heavy (non-hydrogen) atoms. The number of nitrogens with one attached hydrogen (secondary N) is 2. The van der Waals surface area contributed by atoms with Crippen LogP contribution in [0.3, 0.4) is 0 Å². The fourth-order valence-corrected chi connectivity index (χ4v) is 5.81. The minimum atomic E-state index is -0.0304. The first-order valence-electron chi connectivity index (χ1n) is 12.6. The molecule has 0 atom stereocenters. The molecule has 4 aromatic rings. The van der Waals surface area contributed by atoms with Crippen molar-refractivity contribution < 1.29 is 4.79 Å². The number of aryl methyl sites for hydroxylation is 1. The van der Waals surface area contributed by atoms with Gasteiger partial charge in [-0.1, -0.05) is 30.3 Å². The van der Waals surface area contributed by atoms with Crippen molar-refractivity contribution in [2.75, 3.05) is 30.3 Å². The number of rotatable bonds is 7. The Morgan fingerprint density at radius 1 is 1.06 bits per heavy atom. The lowest BCUT2D eigenvalue weighted by molar-refractivity contribution is -0.115. The summed E-state index contributed by atoms with van der Waals surface area (Å²) < 4.78 is 0. The first-order chi connectivity index (χ1) is 17.7. The third-order valence-corrected chi connectivity index (χ3v) is 7.81. The average Bonchev–Trinajstić information content (AvgIpc) is 3.58. The van der Waals surface area contributed by atoms with Crippen LogP contribution in [0.15, 0.2) is 66.2 Å². The molecule has 0 spiro atoms. The van der Waals surface area contributed by atoms with Gasteiger partial charge in [-0.25, -0.2) is 9.97 Å². The topological polar surface area (TPSA) is 70.2 Å². The second-order valence-corrected chi connectivity index (χ2v) is 10.5. The maximum atomic E-state index is 12.6. The molecule has 2 N–H and O–H groups in total. The standard InChI is InChI=1S/C29H29N5OS/c35-27-18-22-19-30-29(31-23-8-3-7-21(17-23)26-9-5-15-36-26)33-28(22)24-11-10-20(16-25(24)32-27)6-4-14-34-12-1-2-13-34/h3,5,7-11,15-17,19H,1-2,4,6,12-14,18H2,(H,32,35)(H,30,31,33). The Morgan fingerprint density at radius 3 is 2.83 bits per heavy atom. The molecule has 4 heterocycles. The minimum Gasteiger partial charge on any atom is -0.325 e. The van der Waals surface area contributed by atoms with Crippen molar-refractivity contribution in [3.63, 3.8) is 0 Å². The number of hydrogen-bond donors (Lipinski definition) is 2. The lowest BCUT2D eigenvalue weighted by Crippen LogP contribution is -2.20. The Morgan fingerprint density at radius 2 is 1.97 bits per heavy atom. The van der Waals surface area contributed by atoms with Crippen LogP contribution in [0.2, 0.25) is 0 Å². The molecule has 2 aromatic heterocycles. The molecule has 1 fully saturated rings. The molecule has 2 aromatic carbocycles. The van der Waals surface area contributed by atoms with E-state index in [1.54, 1.807) is 17.5 Å². The van der Waals surface area contributed by atoms with E-state index in [2.05, 4.69) is 68.4 Å². The Labute approximate surface area is 215 Å². The fraction of sp³-hybridized carbons (Fsp3) is 0.276. The smallest absolute Gasteiger partial charge is 0.228 e. The highest BCUT2D eigenvalue weighted by Crippen LogP contribution is 2.34. The summed E-state index contributed by atoms with van der Waals surface area (Å²) in [7, 11) is 0. The zero-order valence-electron chi connectivity index (χ0n) is 20.2. The first-order valence-corrected chi connectivity index (χ1v) is 13.5. The molecule has 0 radical (unpaired) electrons. The van der Waals surface area contributed by atoms with Crippen molar-refractivity contribution in [1.29, 1.82) is 0 Å². The number of benzene rings is 2. The molecule has 0 unspecified atom stereocenters. The number of hydrogen-bond acceptors (Lipinski definition) is 6. The molecule has 2 aliphatic heterocycles. The van der Waals surface area contributed by atoms with Crippen molar-refractivity contribution >= 4 is 34.6 Å². The Balaban J connectivity index is 1.24. The van der Waals surface area contributed by atoms with E-state index in [0.29, 0.717) is 5.95 Å². The molecular weight excluding hydrogens is 466 g/mol. The number of nitrogens with zero attached hydrogens (tertiary/aromatic N) is 3. The number of thiophene rings is 1. The number of carbonyl (C=O) groups is 1. The van der Waals surface area contributed by atoms with E-state index in [-0.39, 0.29) is 12.3 Å². The van der Waals surface area contributed by atoms with E-state index in [9.17, 15) is 4.79 Å². The van der Waals surface area contributed by atoms with Crippen LogP contribution in [0.1, 0.15) is 30.4 Å². The number of amides is 1. The highest BCUT2D eigenvalue weighted by Gasteiger charge is 2.21. The number of anilines is 3. The van der Waals surface area contributed by atoms with Crippen LogP contribution in [-0.4, -0.2) is 40.4 Å². The Bertz CT molecular complexity index is 1380. The first kappa shape index (κ1) is 22.9.